The second-order valence-electron chi connectivity index (χ2n) is 12.4. The Bertz CT molecular complexity index is 1540. The lowest BCUT2D eigenvalue weighted by atomic mass is 9.90. The average molecular weight is 593 g/mol. The minimum Gasteiger partial charge on any atom is -0.497 e. The third-order valence-electron chi connectivity index (χ3n) is 9.15. The van der Waals surface area contributed by atoms with Crippen molar-refractivity contribution in [3.8, 4) is 16.9 Å². The van der Waals surface area contributed by atoms with E-state index in [0.29, 0.717) is 23.8 Å². The highest BCUT2D eigenvalue weighted by Crippen LogP contribution is 2.33. The molecule has 2 atom stereocenters. The number of aromatic nitrogens is 2. The molecule has 0 spiro atoms. The number of hydrogen-bond donors (Lipinski definition) is 0. The first kappa shape index (κ1) is 31.4. The Balaban J connectivity index is 1.23. The molecule has 5 rings (SSSR count). The summed E-state index contributed by atoms with van der Waals surface area (Å²) in [6.45, 7) is 5.61. The van der Waals surface area contributed by atoms with E-state index in [9.17, 15) is 9.18 Å². The third kappa shape index (κ3) is 8.34. The standard InChI is InChI=1S/C39H45FN2O2/c1-4-29-17-20-34(21-18-29)42-27-38(33-19-22-37(40)28(2)23-33)41-39(42)26-35(43)24-31-11-8-10-30(13-15-31)14-16-32-9-6-5-7-12-36(25-32)44-3/h4,7,9,12,17-23,25,27,30-31H,1,5-6,8,10-11,13-16,24,26H2,2-3H3. The average Bonchev–Trinajstić information content (AvgIpc) is 3.30. The summed E-state index contributed by atoms with van der Waals surface area (Å²) in [7, 11) is 1.74. The van der Waals surface area contributed by atoms with Crippen LogP contribution in [0.25, 0.3) is 23.0 Å². The molecule has 0 N–H and O–H groups in total. The SMILES string of the molecule is C=Cc1ccc(-n2cc(-c3ccc(F)c(C)c3)nc2CC(=O)CC2CCCC(CCC3=CCCC=CC(OC)=C3)CC2)cc1. The normalized spacial score (nSPS) is 18.9. The van der Waals surface area contributed by atoms with Gasteiger partial charge in [-0.15, -0.1) is 0 Å². The number of aryl methyl sites for hydroxylation is 1. The maximum Gasteiger partial charge on any atom is 0.140 e. The number of methoxy groups -OCH3 is 1. The topological polar surface area (TPSA) is 44.1 Å². The minimum atomic E-state index is -0.235. The first-order valence-corrected chi connectivity index (χ1v) is 16.1. The molecule has 2 aliphatic carbocycles. The summed E-state index contributed by atoms with van der Waals surface area (Å²) in [5, 5.41) is 0. The summed E-state index contributed by atoms with van der Waals surface area (Å²) < 4.78 is 21.5. The second-order valence-corrected chi connectivity index (χ2v) is 12.4. The fourth-order valence-corrected chi connectivity index (χ4v) is 6.53. The van der Waals surface area contributed by atoms with Crippen LogP contribution in [0.1, 0.15) is 81.2 Å². The van der Waals surface area contributed by atoms with E-state index in [4.69, 9.17) is 9.72 Å². The van der Waals surface area contributed by atoms with Gasteiger partial charge in [0.15, 0.2) is 0 Å². The molecule has 1 aromatic heterocycles. The summed E-state index contributed by atoms with van der Waals surface area (Å²) >= 11 is 0. The molecule has 1 saturated carbocycles. The number of carbonyl (C=O) groups excluding carboxylic acids is 1. The highest BCUT2D eigenvalue weighted by Gasteiger charge is 2.23. The first-order chi connectivity index (χ1) is 21.4. The summed E-state index contributed by atoms with van der Waals surface area (Å²) in [4.78, 5) is 18.4. The fourth-order valence-electron chi connectivity index (χ4n) is 6.53. The number of carbonyl (C=O) groups is 1. The van der Waals surface area contributed by atoms with Crippen LogP contribution in [0.15, 0.2) is 90.9 Å². The van der Waals surface area contributed by atoms with E-state index in [0.717, 1.165) is 66.2 Å². The first-order valence-electron chi connectivity index (χ1n) is 16.1. The number of nitrogens with zero attached hydrogens (tertiary/aromatic N) is 2. The van der Waals surface area contributed by atoms with Gasteiger partial charge in [-0.25, -0.2) is 9.37 Å². The Kier molecular flexibility index (Phi) is 10.8. The zero-order valence-electron chi connectivity index (χ0n) is 26.2. The van der Waals surface area contributed by atoms with E-state index in [-0.39, 0.29) is 18.0 Å². The van der Waals surface area contributed by atoms with Crippen molar-refractivity contribution >= 4 is 11.9 Å². The van der Waals surface area contributed by atoms with Gasteiger partial charge < -0.3 is 9.30 Å². The van der Waals surface area contributed by atoms with Gasteiger partial charge >= 0.3 is 0 Å². The molecule has 1 fully saturated rings. The zero-order valence-corrected chi connectivity index (χ0v) is 26.2. The third-order valence-corrected chi connectivity index (χ3v) is 9.15. The molecule has 1 heterocycles. The quantitative estimate of drug-likeness (QED) is 0.208. The van der Waals surface area contributed by atoms with Crippen molar-refractivity contribution < 1.29 is 13.9 Å². The van der Waals surface area contributed by atoms with Crippen molar-refractivity contribution in [1.29, 1.82) is 0 Å². The lowest BCUT2D eigenvalue weighted by Crippen LogP contribution is -2.13. The van der Waals surface area contributed by atoms with E-state index in [1.807, 2.05) is 47.2 Å². The van der Waals surface area contributed by atoms with Crippen LogP contribution in [0.2, 0.25) is 0 Å². The molecular formula is C39H45FN2O2. The molecule has 2 aromatic carbocycles. The molecule has 0 saturated heterocycles. The van der Waals surface area contributed by atoms with E-state index in [1.165, 1.54) is 37.3 Å². The van der Waals surface area contributed by atoms with Crippen LogP contribution in [0, 0.1) is 24.6 Å². The summed E-state index contributed by atoms with van der Waals surface area (Å²) in [6.07, 6.45) is 23.7. The highest BCUT2D eigenvalue weighted by molar-refractivity contribution is 5.81. The molecule has 44 heavy (non-hydrogen) atoms. The van der Waals surface area contributed by atoms with Crippen LogP contribution in [0.4, 0.5) is 4.39 Å². The molecule has 0 radical (unpaired) electrons. The number of Topliss-reactive ketones (excluding diaryl/α,β-unsaturated/α-hetero) is 1. The maximum atomic E-state index is 14.0. The smallest absolute Gasteiger partial charge is 0.140 e. The molecule has 0 bridgehead atoms. The summed E-state index contributed by atoms with van der Waals surface area (Å²) in [6, 6.07) is 13.1. The Morgan fingerprint density at radius 2 is 1.89 bits per heavy atom. The van der Waals surface area contributed by atoms with Crippen molar-refractivity contribution in [2.75, 3.05) is 7.11 Å². The van der Waals surface area contributed by atoms with Crippen LogP contribution < -0.4 is 0 Å². The van der Waals surface area contributed by atoms with Crippen molar-refractivity contribution in [1.82, 2.24) is 9.55 Å². The summed E-state index contributed by atoms with van der Waals surface area (Å²) in [5.41, 5.74) is 5.51. The van der Waals surface area contributed by atoms with Crippen LogP contribution in [-0.2, 0) is 16.0 Å². The molecule has 2 unspecified atom stereocenters. The number of halogens is 1. The lowest BCUT2D eigenvalue weighted by Gasteiger charge is -2.16. The molecule has 0 amide bonds. The number of rotatable bonds is 11. The van der Waals surface area contributed by atoms with Gasteiger partial charge in [-0.05, 0) is 110 Å². The van der Waals surface area contributed by atoms with Crippen LogP contribution in [0.5, 0.6) is 0 Å². The number of benzene rings is 2. The maximum absolute atomic E-state index is 14.0. The number of hydrogen-bond acceptors (Lipinski definition) is 3. The van der Waals surface area contributed by atoms with Gasteiger partial charge in [-0.3, -0.25) is 4.79 Å². The molecule has 2 aliphatic rings. The van der Waals surface area contributed by atoms with Crippen molar-refractivity contribution in [2.24, 2.45) is 11.8 Å². The largest absolute Gasteiger partial charge is 0.497 e. The Morgan fingerprint density at radius 1 is 1.09 bits per heavy atom. The van der Waals surface area contributed by atoms with E-state index >= 15 is 0 Å². The number of ketones is 1. The predicted octanol–water partition coefficient (Wildman–Crippen LogP) is 9.91. The van der Waals surface area contributed by atoms with Gasteiger partial charge in [0.1, 0.15) is 23.2 Å². The molecule has 4 nitrogen and oxygen atoms in total. The van der Waals surface area contributed by atoms with E-state index < -0.39 is 0 Å². The van der Waals surface area contributed by atoms with Gasteiger partial charge in [0.2, 0.25) is 0 Å². The predicted molar refractivity (Wildman–Crippen MR) is 178 cm³/mol. The second kappa shape index (κ2) is 15.1. The van der Waals surface area contributed by atoms with Crippen LogP contribution >= 0.6 is 0 Å². The van der Waals surface area contributed by atoms with Gasteiger partial charge in [0.05, 0.1) is 19.2 Å². The Hall–Kier alpha value is -3.99. The van der Waals surface area contributed by atoms with Crippen LogP contribution in [-0.4, -0.2) is 22.4 Å². The molecule has 230 valence electrons. The van der Waals surface area contributed by atoms with Crippen molar-refractivity contribution in [3.05, 3.63) is 114 Å². The summed E-state index contributed by atoms with van der Waals surface area (Å²) in [5.74, 6) is 2.78. The van der Waals surface area contributed by atoms with E-state index in [1.54, 1.807) is 20.1 Å². The molecule has 0 aliphatic heterocycles. The number of allylic oxidation sites excluding steroid dienone is 5. The van der Waals surface area contributed by atoms with Gasteiger partial charge in [0, 0.05) is 23.9 Å². The van der Waals surface area contributed by atoms with Gasteiger partial charge in [-0.1, -0.05) is 62.6 Å². The molecular weight excluding hydrogens is 547 g/mol. The van der Waals surface area contributed by atoms with Crippen molar-refractivity contribution in [3.63, 3.8) is 0 Å². The van der Waals surface area contributed by atoms with E-state index in [2.05, 4.69) is 30.9 Å². The Labute approximate surface area is 262 Å². The monoisotopic (exact) mass is 592 g/mol. The zero-order chi connectivity index (χ0) is 30.9. The molecule has 5 heteroatoms. The highest BCUT2D eigenvalue weighted by atomic mass is 19.1. The lowest BCUT2D eigenvalue weighted by molar-refractivity contribution is -0.119. The minimum absolute atomic E-state index is 0.231. The fraction of sp³-hybridized carbons (Fsp3) is 0.385. The van der Waals surface area contributed by atoms with Crippen LogP contribution in [0.3, 0.4) is 0 Å². The number of imidazole rings is 1. The molecule has 3 aromatic rings. The van der Waals surface area contributed by atoms with Gasteiger partial charge in [-0.2, -0.15) is 0 Å². The van der Waals surface area contributed by atoms with Gasteiger partial charge in [0.25, 0.3) is 0 Å². The Morgan fingerprint density at radius 3 is 2.66 bits per heavy atom. The number of ether oxygens (including phenoxy) is 1. The van der Waals surface area contributed by atoms with Crippen molar-refractivity contribution in [2.45, 2.75) is 77.6 Å².